The summed E-state index contributed by atoms with van der Waals surface area (Å²) >= 11 is 0. The zero-order valence-corrected chi connectivity index (χ0v) is 20.4. The molecule has 202 valence electrons. The maximum Gasteiger partial charge on any atom is 0.264 e. The summed E-state index contributed by atoms with van der Waals surface area (Å²) in [5, 5.41) is 23.8. The summed E-state index contributed by atoms with van der Waals surface area (Å²) in [6.45, 7) is -0.591. The maximum atomic E-state index is 15.3. The van der Waals surface area contributed by atoms with E-state index in [2.05, 4.69) is 25.7 Å². The lowest BCUT2D eigenvalue weighted by Crippen LogP contribution is -2.50. The Morgan fingerprint density at radius 1 is 1.34 bits per heavy atom. The van der Waals surface area contributed by atoms with Gasteiger partial charge >= 0.3 is 0 Å². The number of methoxy groups -OCH3 is 1. The van der Waals surface area contributed by atoms with Crippen LogP contribution in [0.1, 0.15) is 13.3 Å². The van der Waals surface area contributed by atoms with Gasteiger partial charge in [0.1, 0.15) is 30.4 Å². The lowest BCUT2D eigenvalue weighted by atomic mass is 10.0. The first-order valence-electron chi connectivity index (χ1n) is 11.7. The van der Waals surface area contributed by atoms with Crippen LogP contribution in [-0.4, -0.2) is 90.4 Å². The molecule has 3 aromatic heterocycles. The van der Waals surface area contributed by atoms with Gasteiger partial charge in [-0.15, -0.1) is 10.2 Å². The number of ether oxygens (including phenoxy) is 1. The number of anilines is 1. The zero-order valence-electron chi connectivity index (χ0n) is 20.4. The van der Waals surface area contributed by atoms with Crippen LogP contribution in [0.2, 0.25) is 0 Å². The molecule has 0 radical (unpaired) electrons. The molecule has 1 aliphatic heterocycles. The lowest BCUT2D eigenvalue weighted by molar-refractivity contribution is -0.136. The molecule has 1 fully saturated rings. The Bertz CT molecular complexity index is 1500. The molecule has 0 saturated carbocycles. The molecule has 2 atom stereocenters. The SMILES string of the molecule is COc1nc(N[C@H]2CCN(C(=O)CO)C[C@H]2F)nn2cc(F)c(-c3ccc4nnn(CC(C)(F)F)c4c3)c12. The number of rotatable bonds is 7. The van der Waals surface area contributed by atoms with Gasteiger partial charge in [0.15, 0.2) is 5.82 Å². The standard InChI is InChI=1S/C23H24F4N8O3/c1-23(26,27)11-35-17-7-12(3-4-16(17)30-32-35)19-14(25)9-34-20(19)21(38-2)29-22(31-34)28-15-5-6-33(8-13(15)24)18(37)10-36/h3-4,7,9,13,15,36H,5-6,8,10-11H2,1-2H3,(H,28,31)/t13-,15+/m1/s1. The number of alkyl halides is 3. The molecule has 1 aromatic carbocycles. The van der Waals surface area contributed by atoms with Crippen molar-refractivity contribution in [2.75, 3.05) is 32.1 Å². The Morgan fingerprint density at radius 2 is 2.13 bits per heavy atom. The molecule has 4 heterocycles. The minimum Gasteiger partial charge on any atom is -0.479 e. The van der Waals surface area contributed by atoms with E-state index in [0.717, 1.165) is 17.8 Å². The first-order chi connectivity index (χ1) is 18.1. The van der Waals surface area contributed by atoms with Crippen molar-refractivity contribution in [3.05, 3.63) is 30.2 Å². The van der Waals surface area contributed by atoms with Gasteiger partial charge in [-0.3, -0.25) is 4.79 Å². The predicted octanol–water partition coefficient (Wildman–Crippen LogP) is 2.29. The first-order valence-corrected chi connectivity index (χ1v) is 11.7. The number of carbonyl (C=O) groups is 1. The van der Waals surface area contributed by atoms with Crippen LogP contribution in [0, 0.1) is 5.82 Å². The van der Waals surface area contributed by atoms with Crippen molar-refractivity contribution in [3.63, 3.8) is 0 Å². The minimum atomic E-state index is -3.03. The van der Waals surface area contributed by atoms with Crippen molar-refractivity contribution in [1.82, 2.24) is 34.5 Å². The van der Waals surface area contributed by atoms with Gasteiger partial charge in [0.05, 0.1) is 37.0 Å². The summed E-state index contributed by atoms with van der Waals surface area (Å²) in [4.78, 5) is 17.2. The number of aliphatic hydroxyl groups is 1. The number of fused-ring (bicyclic) bond motifs is 2. The summed E-state index contributed by atoms with van der Waals surface area (Å²) < 4.78 is 64.9. The second-order valence-corrected chi connectivity index (χ2v) is 9.16. The monoisotopic (exact) mass is 536 g/mol. The number of amides is 1. The normalized spacial score (nSPS) is 18.3. The average Bonchev–Trinajstić information content (AvgIpc) is 3.42. The van der Waals surface area contributed by atoms with E-state index >= 15 is 4.39 Å². The molecule has 1 saturated heterocycles. The van der Waals surface area contributed by atoms with Gasteiger partial charge in [-0.25, -0.2) is 26.8 Å². The van der Waals surface area contributed by atoms with E-state index in [-0.39, 0.29) is 42.4 Å². The van der Waals surface area contributed by atoms with E-state index in [0.29, 0.717) is 16.6 Å². The van der Waals surface area contributed by atoms with Crippen LogP contribution in [0.4, 0.5) is 23.5 Å². The second kappa shape index (κ2) is 9.70. The third-order valence-corrected chi connectivity index (χ3v) is 6.32. The summed E-state index contributed by atoms with van der Waals surface area (Å²) in [6.07, 6.45) is -0.113. The van der Waals surface area contributed by atoms with Crippen molar-refractivity contribution >= 4 is 28.4 Å². The quantitative estimate of drug-likeness (QED) is 0.345. The van der Waals surface area contributed by atoms with Crippen LogP contribution in [0.5, 0.6) is 5.88 Å². The van der Waals surface area contributed by atoms with Crippen LogP contribution in [0.25, 0.3) is 27.7 Å². The number of piperidine rings is 1. The van der Waals surface area contributed by atoms with Crippen molar-refractivity contribution in [2.24, 2.45) is 0 Å². The van der Waals surface area contributed by atoms with E-state index in [4.69, 9.17) is 9.84 Å². The summed E-state index contributed by atoms with van der Waals surface area (Å²) in [5.41, 5.74) is 1.25. The van der Waals surface area contributed by atoms with E-state index in [1.165, 1.54) is 22.6 Å². The van der Waals surface area contributed by atoms with Crippen LogP contribution < -0.4 is 10.1 Å². The number of hydrogen-bond donors (Lipinski definition) is 2. The fraction of sp³-hybridized carbons (Fsp3) is 0.435. The number of likely N-dealkylation sites (tertiary alicyclic amines) is 1. The number of hydrogen-bond acceptors (Lipinski definition) is 8. The predicted molar refractivity (Wildman–Crippen MR) is 127 cm³/mol. The number of benzene rings is 1. The van der Waals surface area contributed by atoms with Crippen molar-refractivity contribution in [3.8, 4) is 17.0 Å². The number of carbonyl (C=O) groups excluding carboxylic acids is 1. The van der Waals surface area contributed by atoms with E-state index in [9.17, 15) is 18.0 Å². The molecule has 0 unspecified atom stereocenters. The largest absolute Gasteiger partial charge is 0.479 e. The molecular weight excluding hydrogens is 512 g/mol. The Hall–Kier alpha value is -4.01. The summed E-state index contributed by atoms with van der Waals surface area (Å²) in [7, 11) is 1.34. The van der Waals surface area contributed by atoms with Gasteiger partial charge in [0.25, 0.3) is 5.92 Å². The number of halogens is 4. The van der Waals surface area contributed by atoms with Crippen molar-refractivity contribution in [1.29, 1.82) is 0 Å². The third-order valence-electron chi connectivity index (χ3n) is 6.32. The molecule has 0 aliphatic carbocycles. The topological polar surface area (TPSA) is 123 Å². The number of aliphatic hydroxyl groups excluding tert-OH is 1. The molecule has 0 bridgehead atoms. The fourth-order valence-corrected chi connectivity index (χ4v) is 4.56. The number of nitrogens with one attached hydrogen (secondary N) is 1. The van der Waals surface area contributed by atoms with Crippen LogP contribution in [0.15, 0.2) is 24.4 Å². The van der Waals surface area contributed by atoms with Gasteiger partial charge < -0.3 is 20.1 Å². The third kappa shape index (κ3) is 4.80. The van der Waals surface area contributed by atoms with Crippen molar-refractivity contribution < 1.29 is 32.2 Å². The lowest BCUT2D eigenvalue weighted by Gasteiger charge is -2.34. The number of aromatic nitrogens is 6. The highest BCUT2D eigenvalue weighted by atomic mass is 19.3. The fourth-order valence-electron chi connectivity index (χ4n) is 4.56. The second-order valence-electron chi connectivity index (χ2n) is 9.16. The Kier molecular flexibility index (Phi) is 6.54. The molecule has 11 nitrogen and oxygen atoms in total. The molecule has 1 aliphatic rings. The van der Waals surface area contributed by atoms with Crippen LogP contribution in [0.3, 0.4) is 0 Å². The summed E-state index contributed by atoms with van der Waals surface area (Å²) in [6, 6.07) is 3.89. The molecule has 0 spiro atoms. The van der Waals surface area contributed by atoms with Crippen molar-refractivity contribution in [2.45, 2.75) is 38.0 Å². The molecule has 1 amide bonds. The van der Waals surface area contributed by atoms with E-state index < -0.39 is 43.0 Å². The summed E-state index contributed by atoms with van der Waals surface area (Å²) in [5.74, 6) is -4.28. The maximum absolute atomic E-state index is 15.3. The highest BCUT2D eigenvalue weighted by molar-refractivity contribution is 5.89. The van der Waals surface area contributed by atoms with Crippen LogP contribution >= 0.6 is 0 Å². The van der Waals surface area contributed by atoms with Gasteiger partial charge in [0, 0.05) is 13.5 Å². The van der Waals surface area contributed by atoms with Gasteiger partial charge in [0.2, 0.25) is 17.7 Å². The Morgan fingerprint density at radius 3 is 2.82 bits per heavy atom. The average molecular weight is 536 g/mol. The highest BCUT2D eigenvalue weighted by Crippen LogP contribution is 2.35. The Labute approximate surface area is 213 Å². The zero-order chi connectivity index (χ0) is 27.2. The van der Waals surface area contributed by atoms with E-state index in [1.54, 1.807) is 12.1 Å². The van der Waals surface area contributed by atoms with Crippen LogP contribution in [-0.2, 0) is 11.3 Å². The number of nitrogens with zero attached hydrogens (tertiary/aromatic N) is 7. The smallest absolute Gasteiger partial charge is 0.264 e. The molecule has 4 aromatic rings. The first kappa shape index (κ1) is 25.6. The Balaban J connectivity index is 1.49. The van der Waals surface area contributed by atoms with Gasteiger partial charge in [-0.2, -0.15) is 4.98 Å². The van der Waals surface area contributed by atoms with Gasteiger partial charge in [-0.05, 0) is 24.1 Å². The molecule has 5 rings (SSSR count). The molecule has 15 heteroatoms. The molecular formula is C23H24F4N8O3. The van der Waals surface area contributed by atoms with Gasteiger partial charge in [-0.1, -0.05) is 11.3 Å². The highest BCUT2D eigenvalue weighted by Gasteiger charge is 2.32. The van der Waals surface area contributed by atoms with E-state index in [1.807, 2.05) is 0 Å². The molecule has 2 N–H and O–H groups in total. The minimum absolute atomic E-state index is 0.00322. The molecule has 38 heavy (non-hydrogen) atoms.